The Morgan fingerprint density at radius 2 is 1.90 bits per heavy atom. The van der Waals surface area contributed by atoms with Crippen LogP contribution in [0.4, 0.5) is 18.9 Å². The minimum Gasteiger partial charge on any atom is -0.383 e. The molecule has 0 atom stereocenters. The van der Waals surface area contributed by atoms with Crippen LogP contribution in [-0.4, -0.2) is 62.0 Å². The molecule has 0 saturated carbocycles. The normalized spacial score (nSPS) is 13.9. The number of carbonyl (C=O) groups excluding carboxylic acids is 2. The first kappa shape index (κ1) is 22.9. The topological polar surface area (TPSA) is 61.9 Å². The van der Waals surface area contributed by atoms with Crippen LogP contribution in [-0.2, 0) is 14.3 Å². The van der Waals surface area contributed by atoms with Crippen molar-refractivity contribution in [2.75, 3.05) is 45.7 Å². The number of nitrogens with zero attached hydrogens (tertiary/aromatic N) is 2. The van der Waals surface area contributed by atoms with Crippen LogP contribution in [0.25, 0.3) is 0 Å². The van der Waals surface area contributed by atoms with Gasteiger partial charge in [-0.25, -0.2) is 13.2 Å². The maximum absolute atomic E-state index is 13.7. The second-order valence-corrected chi connectivity index (χ2v) is 6.92. The van der Waals surface area contributed by atoms with E-state index in [1.807, 2.05) is 0 Å². The van der Waals surface area contributed by atoms with Gasteiger partial charge in [-0.2, -0.15) is 0 Å². The molecule has 0 aliphatic heterocycles. The van der Waals surface area contributed by atoms with Gasteiger partial charge in [-0.1, -0.05) is 6.08 Å². The third-order valence-corrected chi connectivity index (χ3v) is 4.56. The molecule has 1 N–H and O–H groups in total. The number of allylic oxidation sites excluding steroid dienone is 2. The average molecular weight is 413 g/mol. The summed E-state index contributed by atoms with van der Waals surface area (Å²) < 4.78 is 45.0. The summed E-state index contributed by atoms with van der Waals surface area (Å²) in [5.41, 5.74) is 0.503. The second kappa shape index (κ2) is 11.0. The predicted octanol–water partition coefficient (Wildman–Crippen LogP) is 2.91. The van der Waals surface area contributed by atoms with Crippen LogP contribution in [0.15, 0.2) is 23.9 Å². The highest BCUT2D eigenvalue weighted by Crippen LogP contribution is 2.21. The quantitative estimate of drug-likeness (QED) is 0.633. The maximum Gasteiger partial charge on any atom is 0.240 e. The van der Waals surface area contributed by atoms with E-state index in [-0.39, 0.29) is 19.0 Å². The largest absolute Gasteiger partial charge is 0.383 e. The number of methoxy groups -OCH3 is 1. The number of ether oxygens (including phenoxy) is 1. The van der Waals surface area contributed by atoms with Crippen LogP contribution < -0.4 is 5.32 Å². The van der Waals surface area contributed by atoms with E-state index in [2.05, 4.69) is 11.4 Å². The van der Waals surface area contributed by atoms with Gasteiger partial charge in [0.25, 0.3) is 0 Å². The van der Waals surface area contributed by atoms with E-state index in [0.29, 0.717) is 13.2 Å². The summed E-state index contributed by atoms with van der Waals surface area (Å²) >= 11 is 0. The smallest absolute Gasteiger partial charge is 0.240 e. The van der Waals surface area contributed by atoms with E-state index in [1.54, 1.807) is 19.1 Å². The summed E-state index contributed by atoms with van der Waals surface area (Å²) in [5, 5.41) is 2.19. The Morgan fingerprint density at radius 1 is 1.14 bits per heavy atom. The van der Waals surface area contributed by atoms with E-state index in [1.165, 1.54) is 4.90 Å². The van der Waals surface area contributed by atoms with E-state index in [0.717, 1.165) is 43.5 Å². The fourth-order valence-electron chi connectivity index (χ4n) is 3.11. The fraction of sp³-hybridized carbons (Fsp3) is 0.500. The molecule has 29 heavy (non-hydrogen) atoms. The second-order valence-electron chi connectivity index (χ2n) is 6.92. The van der Waals surface area contributed by atoms with Crippen LogP contribution in [0.3, 0.4) is 0 Å². The number of rotatable bonds is 9. The fourth-order valence-corrected chi connectivity index (χ4v) is 3.11. The van der Waals surface area contributed by atoms with Gasteiger partial charge in [0.1, 0.15) is 0 Å². The van der Waals surface area contributed by atoms with Gasteiger partial charge in [0.05, 0.1) is 25.4 Å². The Morgan fingerprint density at radius 3 is 2.55 bits per heavy atom. The van der Waals surface area contributed by atoms with Gasteiger partial charge in [0.15, 0.2) is 17.5 Å². The van der Waals surface area contributed by atoms with Gasteiger partial charge in [0.2, 0.25) is 11.8 Å². The third-order valence-electron chi connectivity index (χ3n) is 4.56. The molecular formula is C20H26F3N3O3. The van der Waals surface area contributed by atoms with Crippen molar-refractivity contribution in [1.82, 2.24) is 9.80 Å². The number of anilines is 1. The molecule has 0 radical (unpaired) electrons. The van der Waals surface area contributed by atoms with Crippen molar-refractivity contribution in [3.8, 4) is 0 Å². The summed E-state index contributed by atoms with van der Waals surface area (Å²) in [6, 6.07) is 1.67. The van der Waals surface area contributed by atoms with Crippen molar-refractivity contribution in [3.63, 3.8) is 0 Å². The van der Waals surface area contributed by atoms with Crippen LogP contribution in [0.2, 0.25) is 0 Å². The molecule has 2 rings (SSSR count). The number of likely N-dealkylation sites (N-methyl/N-ethyl adjacent to an activating group) is 1. The molecule has 1 aromatic rings. The number of carbonyl (C=O) groups is 2. The molecule has 0 saturated heterocycles. The Kier molecular flexibility index (Phi) is 8.66. The van der Waals surface area contributed by atoms with E-state index in [4.69, 9.17) is 4.74 Å². The van der Waals surface area contributed by atoms with Crippen LogP contribution in [0.5, 0.6) is 0 Å². The van der Waals surface area contributed by atoms with Gasteiger partial charge < -0.3 is 15.0 Å². The van der Waals surface area contributed by atoms with E-state index < -0.39 is 29.0 Å². The van der Waals surface area contributed by atoms with Crippen LogP contribution >= 0.6 is 0 Å². The first-order valence-electron chi connectivity index (χ1n) is 9.43. The van der Waals surface area contributed by atoms with Crippen molar-refractivity contribution in [3.05, 3.63) is 41.4 Å². The van der Waals surface area contributed by atoms with Gasteiger partial charge in [-0.05, 0) is 44.9 Å². The molecule has 9 heteroatoms. The molecule has 0 fully saturated rings. The van der Waals surface area contributed by atoms with Crippen molar-refractivity contribution >= 4 is 17.5 Å². The Labute approximate surface area is 168 Å². The molecule has 0 bridgehead atoms. The Hall–Kier alpha value is -2.39. The Balaban J connectivity index is 1.94. The standard InChI is InChI=1S/C20H26F3N3O3/c1-25(12-17(27)24-16-9-8-15(21)19(22)20(16)23)13-18(28)26(10-11-29-2)14-6-4-3-5-7-14/h6,8-9H,3-5,7,10-13H2,1-2H3,(H,24,27). The minimum absolute atomic E-state index is 0.0330. The lowest BCUT2D eigenvalue weighted by molar-refractivity contribution is -0.131. The summed E-state index contributed by atoms with van der Waals surface area (Å²) in [7, 11) is 3.13. The highest BCUT2D eigenvalue weighted by Gasteiger charge is 2.22. The van der Waals surface area contributed by atoms with Gasteiger partial charge in [-0.3, -0.25) is 14.5 Å². The highest BCUT2D eigenvalue weighted by atomic mass is 19.2. The molecule has 1 aromatic carbocycles. The SMILES string of the molecule is COCCN(C(=O)CN(C)CC(=O)Nc1ccc(F)c(F)c1F)C1=CCCCC1. The summed E-state index contributed by atoms with van der Waals surface area (Å²) in [6.07, 6.45) is 5.89. The maximum atomic E-state index is 13.7. The molecule has 0 spiro atoms. The first-order chi connectivity index (χ1) is 13.8. The molecule has 1 aliphatic carbocycles. The number of hydrogen-bond donors (Lipinski definition) is 1. The molecule has 2 amide bonds. The zero-order chi connectivity index (χ0) is 21.4. The van der Waals surface area contributed by atoms with E-state index in [9.17, 15) is 22.8 Å². The lowest BCUT2D eigenvalue weighted by Crippen LogP contribution is -2.42. The van der Waals surface area contributed by atoms with Gasteiger partial charge >= 0.3 is 0 Å². The van der Waals surface area contributed by atoms with Crippen molar-refractivity contribution in [2.24, 2.45) is 0 Å². The lowest BCUT2D eigenvalue weighted by Gasteiger charge is -2.29. The lowest BCUT2D eigenvalue weighted by atomic mass is 10.0. The minimum atomic E-state index is -1.65. The molecular weight excluding hydrogens is 387 g/mol. The van der Waals surface area contributed by atoms with Crippen LogP contribution in [0, 0.1) is 17.5 Å². The highest BCUT2D eigenvalue weighted by molar-refractivity contribution is 5.92. The number of benzene rings is 1. The summed E-state index contributed by atoms with van der Waals surface area (Å²) in [5.74, 6) is -5.28. The summed E-state index contributed by atoms with van der Waals surface area (Å²) in [4.78, 5) is 28.0. The number of halogens is 3. The molecule has 0 aromatic heterocycles. The average Bonchev–Trinajstić information content (AvgIpc) is 2.69. The first-order valence-corrected chi connectivity index (χ1v) is 9.43. The number of amides is 2. The Bertz CT molecular complexity index is 771. The monoisotopic (exact) mass is 413 g/mol. The predicted molar refractivity (Wildman–Crippen MR) is 103 cm³/mol. The molecule has 160 valence electrons. The number of hydrogen-bond acceptors (Lipinski definition) is 4. The number of nitrogens with one attached hydrogen (secondary N) is 1. The zero-order valence-corrected chi connectivity index (χ0v) is 16.6. The van der Waals surface area contributed by atoms with Crippen LogP contribution in [0.1, 0.15) is 25.7 Å². The van der Waals surface area contributed by atoms with Gasteiger partial charge in [-0.15, -0.1) is 0 Å². The molecule has 6 nitrogen and oxygen atoms in total. The van der Waals surface area contributed by atoms with Crippen molar-refractivity contribution in [1.29, 1.82) is 0 Å². The zero-order valence-electron chi connectivity index (χ0n) is 16.6. The molecule has 1 aliphatic rings. The van der Waals surface area contributed by atoms with Crippen molar-refractivity contribution < 1.29 is 27.5 Å². The van der Waals surface area contributed by atoms with Gasteiger partial charge in [0, 0.05) is 19.4 Å². The molecule has 0 heterocycles. The third kappa shape index (κ3) is 6.57. The van der Waals surface area contributed by atoms with E-state index >= 15 is 0 Å². The molecule has 0 unspecified atom stereocenters. The summed E-state index contributed by atoms with van der Waals surface area (Å²) in [6.45, 7) is 0.556. The van der Waals surface area contributed by atoms with Crippen molar-refractivity contribution in [2.45, 2.75) is 25.7 Å².